The molecule has 1 aromatic rings. The number of carbonyl (C=O) groups excluding carboxylic acids is 1. The van der Waals surface area contributed by atoms with Crippen molar-refractivity contribution in [2.75, 3.05) is 6.54 Å². The lowest BCUT2D eigenvalue weighted by molar-refractivity contribution is -0.121. The fourth-order valence-corrected chi connectivity index (χ4v) is 1.27. The third-order valence-corrected chi connectivity index (χ3v) is 2.60. The Morgan fingerprint density at radius 1 is 1.38 bits per heavy atom. The highest BCUT2D eigenvalue weighted by molar-refractivity contribution is 5.87. The van der Waals surface area contributed by atoms with E-state index in [-0.39, 0.29) is 5.78 Å². The van der Waals surface area contributed by atoms with Crippen LogP contribution in [0, 0.1) is 0 Å². The van der Waals surface area contributed by atoms with Crippen LogP contribution in [0.1, 0.15) is 19.4 Å². The molecule has 0 aliphatic heterocycles. The Balaban J connectivity index is 3.11. The van der Waals surface area contributed by atoms with Crippen LogP contribution >= 0.6 is 0 Å². The third-order valence-electron chi connectivity index (χ3n) is 2.60. The van der Waals surface area contributed by atoms with Crippen LogP contribution in [-0.2, 0) is 10.2 Å². The smallest absolute Gasteiger partial charge is 0.141 e. The zero-order valence-electron chi connectivity index (χ0n) is 8.08. The van der Waals surface area contributed by atoms with Crippen molar-refractivity contribution >= 4 is 5.78 Å². The van der Waals surface area contributed by atoms with Gasteiger partial charge in [0.15, 0.2) is 0 Å². The summed E-state index contributed by atoms with van der Waals surface area (Å²) < 4.78 is 0. The van der Waals surface area contributed by atoms with Gasteiger partial charge in [-0.25, -0.2) is 0 Å². The van der Waals surface area contributed by atoms with Crippen LogP contribution in [0.4, 0.5) is 0 Å². The Bertz CT molecular complexity index is 294. The molecule has 0 aliphatic rings. The molecule has 1 aromatic carbocycles. The number of nitrogens with two attached hydrogens (primary N) is 1. The van der Waals surface area contributed by atoms with Gasteiger partial charge in [-0.15, -0.1) is 0 Å². The first-order valence-electron chi connectivity index (χ1n) is 4.38. The van der Waals surface area contributed by atoms with Crippen LogP contribution < -0.4 is 5.73 Å². The van der Waals surface area contributed by atoms with Crippen LogP contribution in [0.25, 0.3) is 0 Å². The summed E-state index contributed by atoms with van der Waals surface area (Å²) in [4.78, 5) is 11.4. The molecule has 0 heterocycles. The van der Waals surface area contributed by atoms with E-state index in [0.29, 0.717) is 6.54 Å². The van der Waals surface area contributed by atoms with Gasteiger partial charge in [0.1, 0.15) is 5.78 Å². The van der Waals surface area contributed by atoms with E-state index in [2.05, 4.69) is 0 Å². The van der Waals surface area contributed by atoms with Gasteiger partial charge in [0, 0.05) is 6.54 Å². The standard InChI is InChI=1S/C11H15NO/c1-9(13)11(2,8-12)10-6-4-3-5-7-10/h3-7H,8,12H2,1-2H3/t11-/m0/s1. The van der Waals surface area contributed by atoms with E-state index >= 15 is 0 Å². The molecular formula is C11H15NO. The third kappa shape index (κ3) is 1.78. The second kappa shape index (κ2) is 3.71. The number of ketones is 1. The molecule has 0 aliphatic carbocycles. The van der Waals surface area contributed by atoms with Crippen molar-refractivity contribution in [1.29, 1.82) is 0 Å². The number of carbonyl (C=O) groups is 1. The first-order valence-corrected chi connectivity index (χ1v) is 4.38. The van der Waals surface area contributed by atoms with Crippen LogP contribution in [0.3, 0.4) is 0 Å². The predicted octanol–water partition coefficient (Wildman–Crippen LogP) is 1.49. The molecule has 13 heavy (non-hydrogen) atoms. The van der Waals surface area contributed by atoms with E-state index in [1.807, 2.05) is 37.3 Å². The Morgan fingerprint density at radius 3 is 2.31 bits per heavy atom. The minimum absolute atomic E-state index is 0.112. The molecule has 0 saturated carbocycles. The second-order valence-corrected chi connectivity index (χ2v) is 3.46. The largest absolute Gasteiger partial charge is 0.329 e. The number of benzene rings is 1. The van der Waals surface area contributed by atoms with Gasteiger partial charge in [-0.3, -0.25) is 4.79 Å². The first-order chi connectivity index (χ1) is 6.11. The lowest BCUT2D eigenvalue weighted by Gasteiger charge is -2.25. The van der Waals surface area contributed by atoms with Gasteiger partial charge in [0.2, 0.25) is 0 Å². The maximum atomic E-state index is 11.4. The zero-order valence-corrected chi connectivity index (χ0v) is 8.08. The van der Waals surface area contributed by atoms with Crippen LogP contribution in [-0.4, -0.2) is 12.3 Å². The summed E-state index contributed by atoms with van der Waals surface area (Å²) in [5, 5.41) is 0. The molecule has 0 amide bonds. The maximum Gasteiger partial charge on any atom is 0.141 e. The second-order valence-electron chi connectivity index (χ2n) is 3.46. The predicted molar refractivity (Wildman–Crippen MR) is 53.5 cm³/mol. The van der Waals surface area contributed by atoms with Gasteiger partial charge < -0.3 is 5.73 Å². The summed E-state index contributed by atoms with van der Waals surface area (Å²) in [6, 6.07) is 9.65. The van der Waals surface area contributed by atoms with Crippen molar-refractivity contribution in [3.05, 3.63) is 35.9 Å². The van der Waals surface area contributed by atoms with E-state index in [0.717, 1.165) is 5.56 Å². The van der Waals surface area contributed by atoms with E-state index < -0.39 is 5.41 Å². The van der Waals surface area contributed by atoms with E-state index in [9.17, 15) is 4.79 Å². The Hall–Kier alpha value is -1.15. The molecule has 0 aromatic heterocycles. The van der Waals surface area contributed by atoms with Crippen molar-refractivity contribution in [3.63, 3.8) is 0 Å². The number of Topliss-reactive ketones (excluding diaryl/α,β-unsaturated/α-hetero) is 1. The van der Waals surface area contributed by atoms with E-state index in [1.165, 1.54) is 0 Å². The maximum absolute atomic E-state index is 11.4. The summed E-state index contributed by atoms with van der Waals surface area (Å²) in [6.07, 6.45) is 0. The highest BCUT2D eigenvalue weighted by atomic mass is 16.1. The van der Waals surface area contributed by atoms with Crippen LogP contribution in [0.2, 0.25) is 0 Å². The number of hydrogen-bond donors (Lipinski definition) is 1. The van der Waals surface area contributed by atoms with E-state index in [4.69, 9.17) is 5.73 Å². The Kier molecular flexibility index (Phi) is 2.83. The van der Waals surface area contributed by atoms with Crippen molar-refractivity contribution in [1.82, 2.24) is 0 Å². The summed E-state index contributed by atoms with van der Waals surface area (Å²) in [7, 11) is 0. The lowest BCUT2D eigenvalue weighted by Crippen LogP contribution is -2.38. The molecular weight excluding hydrogens is 162 g/mol. The molecule has 0 fully saturated rings. The van der Waals surface area contributed by atoms with Crippen LogP contribution in [0.15, 0.2) is 30.3 Å². The molecule has 2 N–H and O–H groups in total. The summed E-state index contributed by atoms with van der Waals surface area (Å²) in [6.45, 7) is 3.82. The Labute approximate surface area is 78.8 Å². The molecule has 1 rings (SSSR count). The van der Waals surface area contributed by atoms with Gasteiger partial charge in [-0.2, -0.15) is 0 Å². The van der Waals surface area contributed by atoms with Crippen molar-refractivity contribution in [2.24, 2.45) is 5.73 Å². The molecule has 0 saturated heterocycles. The lowest BCUT2D eigenvalue weighted by atomic mass is 9.79. The molecule has 0 bridgehead atoms. The molecule has 1 atom stereocenters. The monoisotopic (exact) mass is 177 g/mol. The normalized spacial score (nSPS) is 15.0. The van der Waals surface area contributed by atoms with Crippen molar-refractivity contribution < 1.29 is 4.79 Å². The zero-order chi connectivity index (χ0) is 9.90. The summed E-state index contributed by atoms with van der Waals surface area (Å²) >= 11 is 0. The fraction of sp³-hybridized carbons (Fsp3) is 0.364. The van der Waals surface area contributed by atoms with E-state index in [1.54, 1.807) is 6.92 Å². The first kappa shape index (κ1) is 9.93. The van der Waals surface area contributed by atoms with Crippen molar-refractivity contribution in [3.8, 4) is 0 Å². The minimum Gasteiger partial charge on any atom is -0.329 e. The highest BCUT2D eigenvalue weighted by Gasteiger charge is 2.29. The average Bonchev–Trinajstić information content (AvgIpc) is 2.17. The SMILES string of the molecule is CC(=O)[C@](C)(CN)c1ccccc1. The quantitative estimate of drug-likeness (QED) is 0.760. The highest BCUT2D eigenvalue weighted by Crippen LogP contribution is 2.22. The molecule has 0 spiro atoms. The molecule has 70 valence electrons. The minimum atomic E-state index is -0.527. The molecule has 2 heteroatoms. The van der Waals surface area contributed by atoms with Gasteiger partial charge in [0.05, 0.1) is 5.41 Å². The van der Waals surface area contributed by atoms with Crippen molar-refractivity contribution in [2.45, 2.75) is 19.3 Å². The fourth-order valence-electron chi connectivity index (χ4n) is 1.27. The summed E-state index contributed by atoms with van der Waals surface area (Å²) in [5.74, 6) is 0.112. The van der Waals surface area contributed by atoms with Gasteiger partial charge >= 0.3 is 0 Å². The van der Waals surface area contributed by atoms with Crippen LogP contribution in [0.5, 0.6) is 0 Å². The van der Waals surface area contributed by atoms with Gasteiger partial charge in [-0.1, -0.05) is 30.3 Å². The molecule has 2 nitrogen and oxygen atoms in total. The number of hydrogen-bond acceptors (Lipinski definition) is 2. The van der Waals surface area contributed by atoms with Gasteiger partial charge in [0.25, 0.3) is 0 Å². The summed E-state index contributed by atoms with van der Waals surface area (Å²) in [5.41, 5.74) is 6.08. The van der Waals surface area contributed by atoms with Gasteiger partial charge in [-0.05, 0) is 19.4 Å². The Morgan fingerprint density at radius 2 is 1.92 bits per heavy atom. The topological polar surface area (TPSA) is 43.1 Å². The molecule has 0 radical (unpaired) electrons. The average molecular weight is 177 g/mol. The molecule has 0 unspecified atom stereocenters. The number of rotatable bonds is 3.